The molecule has 0 amide bonds. The van der Waals surface area contributed by atoms with E-state index in [0.717, 1.165) is 0 Å². The highest BCUT2D eigenvalue weighted by Crippen LogP contribution is 2.08. The van der Waals surface area contributed by atoms with Gasteiger partial charge < -0.3 is 15.2 Å². The SMILES string of the molecule is COCCCOC(=O)c1ncccc1N. The van der Waals surface area contributed by atoms with Gasteiger partial charge in [0.2, 0.25) is 0 Å². The van der Waals surface area contributed by atoms with Crippen molar-refractivity contribution < 1.29 is 14.3 Å². The predicted octanol–water partition coefficient (Wildman–Crippen LogP) is 0.857. The Morgan fingerprint density at radius 1 is 1.53 bits per heavy atom. The first-order valence-corrected chi connectivity index (χ1v) is 4.62. The largest absolute Gasteiger partial charge is 0.461 e. The number of ether oxygens (including phenoxy) is 2. The third-order valence-electron chi connectivity index (χ3n) is 1.76. The van der Waals surface area contributed by atoms with Crippen LogP contribution in [0.5, 0.6) is 0 Å². The van der Waals surface area contributed by atoms with Crippen LogP contribution in [0.4, 0.5) is 5.69 Å². The Balaban J connectivity index is 2.44. The molecule has 0 atom stereocenters. The highest BCUT2D eigenvalue weighted by Gasteiger charge is 2.11. The number of methoxy groups -OCH3 is 1. The van der Waals surface area contributed by atoms with Crippen LogP contribution < -0.4 is 5.73 Å². The van der Waals surface area contributed by atoms with Gasteiger partial charge in [-0.3, -0.25) is 0 Å². The van der Waals surface area contributed by atoms with Gasteiger partial charge >= 0.3 is 5.97 Å². The predicted molar refractivity (Wildman–Crippen MR) is 55.4 cm³/mol. The molecule has 1 aromatic heterocycles. The fraction of sp³-hybridized carbons (Fsp3) is 0.400. The van der Waals surface area contributed by atoms with Crippen LogP contribution in [0, 0.1) is 0 Å². The van der Waals surface area contributed by atoms with E-state index in [4.69, 9.17) is 15.2 Å². The summed E-state index contributed by atoms with van der Waals surface area (Å²) in [5, 5.41) is 0. The fourth-order valence-corrected chi connectivity index (χ4v) is 1.02. The Hall–Kier alpha value is -1.62. The third-order valence-corrected chi connectivity index (χ3v) is 1.76. The van der Waals surface area contributed by atoms with Crippen molar-refractivity contribution in [2.75, 3.05) is 26.1 Å². The van der Waals surface area contributed by atoms with Crippen molar-refractivity contribution in [2.24, 2.45) is 0 Å². The molecule has 0 aliphatic heterocycles. The first-order valence-electron chi connectivity index (χ1n) is 4.62. The molecular formula is C10H14N2O3. The molecule has 1 heterocycles. The van der Waals surface area contributed by atoms with Gasteiger partial charge in [-0.2, -0.15) is 0 Å². The van der Waals surface area contributed by atoms with E-state index in [-0.39, 0.29) is 5.69 Å². The minimum absolute atomic E-state index is 0.162. The topological polar surface area (TPSA) is 74.4 Å². The minimum Gasteiger partial charge on any atom is -0.461 e. The van der Waals surface area contributed by atoms with E-state index < -0.39 is 5.97 Å². The number of aromatic nitrogens is 1. The number of carbonyl (C=O) groups is 1. The maximum absolute atomic E-state index is 11.4. The van der Waals surface area contributed by atoms with E-state index in [9.17, 15) is 4.79 Å². The second kappa shape index (κ2) is 5.98. The molecule has 5 heteroatoms. The van der Waals surface area contributed by atoms with Gasteiger partial charge in [0.15, 0.2) is 5.69 Å². The molecule has 0 spiro atoms. The lowest BCUT2D eigenvalue weighted by atomic mass is 10.3. The van der Waals surface area contributed by atoms with Gasteiger partial charge in [-0.15, -0.1) is 0 Å². The van der Waals surface area contributed by atoms with Crippen molar-refractivity contribution in [3.8, 4) is 0 Å². The van der Waals surface area contributed by atoms with Gasteiger partial charge in [0.05, 0.1) is 12.3 Å². The molecule has 0 aromatic carbocycles. The molecule has 0 saturated heterocycles. The summed E-state index contributed by atoms with van der Waals surface area (Å²) in [7, 11) is 1.60. The number of carbonyl (C=O) groups excluding carboxylic acids is 1. The van der Waals surface area contributed by atoms with Gasteiger partial charge in [-0.05, 0) is 12.1 Å². The summed E-state index contributed by atoms with van der Waals surface area (Å²) in [6.45, 7) is 0.869. The first-order chi connectivity index (χ1) is 7.25. The average Bonchev–Trinajstić information content (AvgIpc) is 2.25. The summed E-state index contributed by atoms with van der Waals surface area (Å²) in [6.07, 6.45) is 2.16. The van der Waals surface area contributed by atoms with E-state index in [1.165, 1.54) is 6.20 Å². The molecule has 1 rings (SSSR count). The lowest BCUT2D eigenvalue weighted by molar-refractivity contribution is 0.0463. The van der Waals surface area contributed by atoms with Crippen molar-refractivity contribution in [1.82, 2.24) is 4.98 Å². The van der Waals surface area contributed by atoms with E-state index in [0.29, 0.717) is 25.3 Å². The number of nitrogens with two attached hydrogens (primary N) is 1. The van der Waals surface area contributed by atoms with Gasteiger partial charge in [-0.25, -0.2) is 9.78 Å². The molecule has 2 N–H and O–H groups in total. The number of rotatable bonds is 5. The molecule has 0 bridgehead atoms. The molecule has 0 aliphatic carbocycles. The molecule has 0 fully saturated rings. The monoisotopic (exact) mass is 210 g/mol. The normalized spacial score (nSPS) is 9.93. The summed E-state index contributed by atoms with van der Waals surface area (Å²) < 4.78 is 9.77. The Bertz CT molecular complexity index is 328. The second-order valence-corrected chi connectivity index (χ2v) is 2.92. The Morgan fingerprint density at radius 3 is 3.00 bits per heavy atom. The molecular weight excluding hydrogens is 196 g/mol. The van der Waals surface area contributed by atoms with E-state index in [2.05, 4.69) is 4.98 Å². The quantitative estimate of drug-likeness (QED) is 0.576. The zero-order valence-corrected chi connectivity index (χ0v) is 8.60. The molecule has 1 aromatic rings. The van der Waals surface area contributed by atoms with E-state index in [1.54, 1.807) is 19.2 Å². The smallest absolute Gasteiger partial charge is 0.359 e. The van der Waals surface area contributed by atoms with Crippen LogP contribution in [0.2, 0.25) is 0 Å². The number of hydrogen-bond acceptors (Lipinski definition) is 5. The number of nitrogens with zero attached hydrogens (tertiary/aromatic N) is 1. The summed E-state index contributed by atoms with van der Waals surface area (Å²) in [5.41, 5.74) is 6.05. The average molecular weight is 210 g/mol. The Morgan fingerprint density at radius 2 is 2.33 bits per heavy atom. The summed E-state index contributed by atoms with van der Waals surface area (Å²) >= 11 is 0. The lowest BCUT2D eigenvalue weighted by Crippen LogP contribution is -2.11. The van der Waals surface area contributed by atoms with Crippen LogP contribution in [0.3, 0.4) is 0 Å². The van der Waals surface area contributed by atoms with Crippen LogP contribution in [-0.4, -0.2) is 31.3 Å². The van der Waals surface area contributed by atoms with Crippen molar-refractivity contribution in [3.63, 3.8) is 0 Å². The summed E-state index contributed by atoms with van der Waals surface area (Å²) in [5.74, 6) is -0.496. The van der Waals surface area contributed by atoms with Gasteiger partial charge in [0.1, 0.15) is 0 Å². The van der Waals surface area contributed by atoms with Crippen LogP contribution in [0.25, 0.3) is 0 Å². The van der Waals surface area contributed by atoms with Gasteiger partial charge in [-0.1, -0.05) is 0 Å². The number of anilines is 1. The number of esters is 1. The number of hydrogen-bond donors (Lipinski definition) is 1. The highest BCUT2D eigenvalue weighted by molar-refractivity contribution is 5.92. The maximum Gasteiger partial charge on any atom is 0.359 e. The van der Waals surface area contributed by atoms with Gasteiger partial charge in [0, 0.05) is 26.3 Å². The van der Waals surface area contributed by atoms with Crippen molar-refractivity contribution in [2.45, 2.75) is 6.42 Å². The summed E-state index contributed by atoms with van der Waals surface area (Å²) in [6, 6.07) is 3.27. The summed E-state index contributed by atoms with van der Waals surface area (Å²) in [4.78, 5) is 15.3. The molecule has 0 aliphatic rings. The van der Waals surface area contributed by atoms with Crippen molar-refractivity contribution in [1.29, 1.82) is 0 Å². The minimum atomic E-state index is -0.496. The Labute approximate surface area is 88.2 Å². The third kappa shape index (κ3) is 3.55. The van der Waals surface area contributed by atoms with E-state index in [1.807, 2.05) is 0 Å². The van der Waals surface area contributed by atoms with Crippen molar-refractivity contribution >= 4 is 11.7 Å². The lowest BCUT2D eigenvalue weighted by Gasteiger charge is -2.05. The molecule has 5 nitrogen and oxygen atoms in total. The highest BCUT2D eigenvalue weighted by atomic mass is 16.5. The van der Waals surface area contributed by atoms with Crippen LogP contribution in [-0.2, 0) is 9.47 Å². The number of pyridine rings is 1. The second-order valence-electron chi connectivity index (χ2n) is 2.92. The molecule has 0 saturated carbocycles. The first kappa shape index (κ1) is 11.5. The Kier molecular flexibility index (Phi) is 4.56. The van der Waals surface area contributed by atoms with Crippen LogP contribution in [0.15, 0.2) is 18.3 Å². The molecule has 0 radical (unpaired) electrons. The zero-order chi connectivity index (χ0) is 11.1. The molecule has 82 valence electrons. The standard InChI is InChI=1S/C10H14N2O3/c1-14-6-3-7-15-10(13)9-8(11)4-2-5-12-9/h2,4-5H,3,6-7,11H2,1H3. The van der Waals surface area contributed by atoms with Crippen molar-refractivity contribution in [3.05, 3.63) is 24.0 Å². The zero-order valence-electron chi connectivity index (χ0n) is 8.60. The maximum atomic E-state index is 11.4. The molecule has 0 unspecified atom stereocenters. The molecule has 15 heavy (non-hydrogen) atoms. The van der Waals surface area contributed by atoms with Gasteiger partial charge in [0.25, 0.3) is 0 Å². The van der Waals surface area contributed by atoms with Crippen LogP contribution >= 0.6 is 0 Å². The van der Waals surface area contributed by atoms with E-state index >= 15 is 0 Å². The van der Waals surface area contributed by atoms with Crippen LogP contribution in [0.1, 0.15) is 16.9 Å². The number of nitrogen functional groups attached to an aromatic ring is 1. The fourth-order valence-electron chi connectivity index (χ4n) is 1.02.